The number of hydrogen-bond acceptors (Lipinski definition) is 2. The van der Waals surface area contributed by atoms with E-state index in [-0.39, 0.29) is 0 Å². The van der Waals surface area contributed by atoms with Crippen LogP contribution in [0, 0.1) is 5.92 Å². The second-order valence-electron chi connectivity index (χ2n) is 4.95. The summed E-state index contributed by atoms with van der Waals surface area (Å²) in [5.74, 6) is 0.548. The van der Waals surface area contributed by atoms with Crippen LogP contribution in [0.25, 0.3) is 0 Å². The SMILES string of the molecule is CC(C)C(CO)N(C)C1CCCCC1. The van der Waals surface area contributed by atoms with E-state index in [4.69, 9.17) is 0 Å². The lowest BCUT2D eigenvalue weighted by molar-refractivity contribution is 0.0631. The molecule has 0 saturated heterocycles. The zero-order valence-electron chi connectivity index (χ0n) is 9.87. The van der Waals surface area contributed by atoms with E-state index in [0.29, 0.717) is 24.6 Å². The molecule has 0 bridgehead atoms. The minimum atomic E-state index is 0.296. The maximum absolute atomic E-state index is 9.36. The van der Waals surface area contributed by atoms with Crippen LogP contribution in [0.4, 0.5) is 0 Å². The smallest absolute Gasteiger partial charge is 0.0589 e. The van der Waals surface area contributed by atoms with Crippen LogP contribution in [0.5, 0.6) is 0 Å². The Balaban J connectivity index is 2.47. The molecule has 1 atom stereocenters. The van der Waals surface area contributed by atoms with Gasteiger partial charge in [0.25, 0.3) is 0 Å². The van der Waals surface area contributed by atoms with E-state index >= 15 is 0 Å². The van der Waals surface area contributed by atoms with Crippen LogP contribution >= 0.6 is 0 Å². The molecular weight excluding hydrogens is 174 g/mol. The Bertz CT molecular complexity index is 152. The van der Waals surface area contributed by atoms with Crippen molar-refractivity contribution in [3.05, 3.63) is 0 Å². The predicted molar refractivity (Wildman–Crippen MR) is 60.3 cm³/mol. The molecule has 14 heavy (non-hydrogen) atoms. The summed E-state index contributed by atoms with van der Waals surface area (Å²) in [6.45, 7) is 4.69. The summed E-state index contributed by atoms with van der Waals surface area (Å²) in [5, 5.41) is 9.36. The molecular formula is C12H25NO. The highest BCUT2D eigenvalue weighted by molar-refractivity contribution is 4.80. The highest BCUT2D eigenvalue weighted by Crippen LogP contribution is 2.24. The second-order valence-corrected chi connectivity index (χ2v) is 4.95. The monoisotopic (exact) mass is 199 g/mol. The highest BCUT2D eigenvalue weighted by Gasteiger charge is 2.25. The normalized spacial score (nSPS) is 21.9. The zero-order chi connectivity index (χ0) is 10.6. The molecule has 0 radical (unpaired) electrons. The topological polar surface area (TPSA) is 23.5 Å². The summed E-state index contributed by atoms with van der Waals surface area (Å²) in [6, 6.07) is 1.06. The first-order chi connectivity index (χ1) is 6.66. The van der Waals surface area contributed by atoms with Crippen LogP contribution in [0.2, 0.25) is 0 Å². The first kappa shape index (κ1) is 12.0. The number of aliphatic hydroxyl groups is 1. The van der Waals surface area contributed by atoms with Gasteiger partial charge in [-0.25, -0.2) is 0 Å². The van der Waals surface area contributed by atoms with Crippen molar-refractivity contribution < 1.29 is 5.11 Å². The van der Waals surface area contributed by atoms with Gasteiger partial charge in [0.2, 0.25) is 0 Å². The van der Waals surface area contributed by atoms with Crippen LogP contribution in [-0.2, 0) is 0 Å². The van der Waals surface area contributed by atoms with Crippen LogP contribution in [0.3, 0.4) is 0 Å². The third-order valence-electron chi connectivity index (χ3n) is 3.63. The second kappa shape index (κ2) is 5.72. The molecule has 0 heterocycles. The van der Waals surface area contributed by atoms with Gasteiger partial charge in [-0.15, -0.1) is 0 Å². The van der Waals surface area contributed by atoms with Gasteiger partial charge >= 0.3 is 0 Å². The van der Waals surface area contributed by atoms with Crippen molar-refractivity contribution in [2.45, 2.75) is 58.0 Å². The number of rotatable bonds is 4. The molecule has 2 nitrogen and oxygen atoms in total. The van der Waals surface area contributed by atoms with E-state index < -0.39 is 0 Å². The standard InChI is InChI=1S/C12H25NO/c1-10(2)12(9-14)13(3)11-7-5-4-6-8-11/h10-12,14H,4-9H2,1-3H3. The quantitative estimate of drug-likeness (QED) is 0.751. The molecule has 0 aliphatic heterocycles. The number of nitrogens with zero attached hydrogens (tertiary/aromatic N) is 1. The molecule has 1 unspecified atom stereocenters. The summed E-state index contributed by atoms with van der Waals surface area (Å²) in [5.41, 5.74) is 0. The Morgan fingerprint density at radius 2 is 1.79 bits per heavy atom. The van der Waals surface area contributed by atoms with Crippen molar-refractivity contribution >= 4 is 0 Å². The van der Waals surface area contributed by atoms with Crippen molar-refractivity contribution in [1.29, 1.82) is 0 Å². The van der Waals surface area contributed by atoms with Crippen molar-refractivity contribution in [3.63, 3.8) is 0 Å². The molecule has 1 fully saturated rings. The summed E-state index contributed by atoms with van der Waals surface area (Å²) in [7, 11) is 2.18. The van der Waals surface area contributed by atoms with E-state index in [0.717, 1.165) is 0 Å². The van der Waals surface area contributed by atoms with Crippen molar-refractivity contribution in [2.24, 2.45) is 5.92 Å². The lowest BCUT2D eigenvalue weighted by atomic mass is 9.92. The molecule has 0 aromatic carbocycles. The molecule has 84 valence electrons. The molecule has 1 aliphatic rings. The fourth-order valence-electron chi connectivity index (χ4n) is 2.57. The number of aliphatic hydroxyl groups excluding tert-OH is 1. The molecule has 1 aliphatic carbocycles. The van der Waals surface area contributed by atoms with Gasteiger partial charge in [-0.05, 0) is 25.8 Å². The molecule has 1 saturated carbocycles. The van der Waals surface area contributed by atoms with Gasteiger partial charge in [-0.2, -0.15) is 0 Å². The highest BCUT2D eigenvalue weighted by atomic mass is 16.3. The van der Waals surface area contributed by atoms with Gasteiger partial charge in [0.15, 0.2) is 0 Å². The molecule has 0 spiro atoms. The number of hydrogen-bond donors (Lipinski definition) is 1. The van der Waals surface area contributed by atoms with Crippen molar-refractivity contribution in [2.75, 3.05) is 13.7 Å². The lowest BCUT2D eigenvalue weighted by Gasteiger charge is -2.38. The van der Waals surface area contributed by atoms with Crippen LogP contribution in [-0.4, -0.2) is 35.7 Å². The minimum Gasteiger partial charge on any atom is -0.395 e. The van der Waals surface area contributed by atoms with Gasteiger partial charge in [0, 0.05) is 12.1 Å². The fourth-order valence-corrected chi connectivity index (χ4v) is 2.57. The van der Waals surface area contributed by atoms with Gasteiger partial charge in [-0.3, -0.25) is 4.90 Å². The Labute approximate surface area is 88.3 Å². The maximum Gasteiger partial charge on any atom is 0.0589 e. The van der Waals surface area contributed by atoms with E-state index in [2.05, 4.69) is 25.8 Å². The molecule has 1 rings (SSSR count). The summed E-state index contributed by atoms with van der Waals surface area (Å²) < 4.78 is 0. The average Bonchev–Trinajstić information content (AvgIpc) is 2.19. The molecule has 1 N–H and O–H groups in total. The van der Waals surface area contributed by atoms with E-state index in [1.165, 1.54) is 32.1 Å². The minimum absolute atomic E-state index is 0.296. The average molecular weight is 199 g/mol. The summed E-state index contributed by atoms with van der Waals surface area (Å²) in [6.07, 6.45) is 6.77. The molecule has 2 heteroatoms. The Hall–Kier alpha value is -0.0800. The van der Waals surface area contributed by atoms with Gasteiger partial charge in [0.05, 0.1) is 6.61 Å². The first-order valence-electron chi connectivity index (χ1n) is 5.99. The fraction of sp³-hybridized carbons (Fsp3) is 1.00. The van der Waals surface area contributed by atoms with Crippen LogP contribution < -0.4 is 0 Å². The van der Waals surface area contributed by atoms with Crippen LogP contribution in [0.1, 0.15) is 46.0 Å². The Morgan fingerprint density at radius 1 is 1.21 bits per heavy atom. The van der Waals surface area contributed by atoms with E-state index in [9.17, 15) is 5.11 Å². The molecule has 0 aromatic rings. The summed E-state index contributed by atoms with van der Waals surface area (Å²) in [4.78, 5) is 2.41. The third kappa shape index (κ3) is 2.96. The van der Waals surface area contributed by atoms with Gasteiger partial charge in [0.1, 0.15) is 0 Å². The van der Waals surface area contributed by atoms with Crippen molar-refractivity contribution in [3.8, 4) is 0 Å². The lowest BCUT2D eigenvalue weighted by Crippen LogP contribution is -2.45. The predicted octanol–water partition coefficient (Wildman–Crippen LogP) is 2.27. The van der Waals surface area contributed by atoms with Gasteiger partial charge in [-0.1, -0.05) is 33.1 Å². The Kier molecular flexibility index (Phi) is 4.90. The molecule has 0 amide bonds. The largest absolute Gasteiger partial charge is 0.395 e. The third-order valence-corrected chi connectivity index (χ3v) is 3.63. The Morgan fingerprint density at radius 3 is 2.21 bits per heavy atom. The van der Waals surface area contributed by atoms with E-state index in [1.807, 2.05) is 0 Å². The van der Waals surface area contributed by atoms with Crippen molar-refractivity contribution in [1.82, 2.24) is 4.90 Å². The maximum atomic E-state index is 9.36. The van der Waals surface area contributed by atoms with E-state index in [1.54, 1.807) is 0 Å². The van der Waals surface area contributed by atoms with Gasteiger partial charge < -0.3 is 5.11 Å². The zero-order valence-corrected chi connectivity index (χ0v) is 9.87. The first-order valence-corrected chi connectivity index (χ1v) is 5.99. The number of likely N-dealkylation sites (N-methyl/N-ethyl adjacent to an activating group) is 1. The summed E-state index contributed by atoms with van der Waals surface area (Å²) >= 11 is 0. The van der Waals surface area contributed by atoms with Crippen LogP contribution in [0.15, 0.2) is 0 Å². The molecule has 0 aromatic heterocycles.